The van der Waals surface area contributed by atoms with Gasteiger partial charge in [0.15, 0.2) is 0 Å². The summed E-state index contributed by atoms with van der Waals surface area (Å²) in [6.07, 6.45) is -4.62. The first-order valence-electron chi connectivity index (χ1n) is 9.10. The maximum atomic E-state index is 13.4. The highest BCUT2D eigenvalue weighted by molar-refractivity contribution is 5.94. The average molecular weight is 417 g/mol. The molecule has 1 fully saturated rings. The fourth-order valence-corrected chi connectivity index (χ4v) is 3.24. The van der Waals surface area contributed by atoms with Crippen LogP contribution in [0.1, 0.15) is 48.7 Å². The van der Waals surface area contributed by atoms with Crippen molar-refractivity contribution >= 4 is 17.7 Å². The molecule has 0 spiro atoms. The molecular weight excluding hydrogens is 391 g/mol. The number of rotatable bonds is 4. The smallest absolute Gasteiger partial charge is 0.416 e. The number of ether oxygens (including phenoxy) is 1. The zero-order valence-corrected chi connectivity index (χ0v) is 16.8. The SMILES string of the molecule is CN(C(=O)OC(C)(C)C)C1CCN(Cc2cc(N)c(C(=O)O)cc2C(F)(F)F)C1. The number of likely N-dealkylation sites (tertiary alicyclic amines) is 1. The number of carboxylic acid groups (broad SMARTS) is 1. The number of alkyl halides is 3. The van der Waals surface area contributed by atoms with E-state index < -0.39 is 35.0 Å². The van der Waals surface area contributed by atoms with Crippen LogP contribution in [0.3, 0.4) is 0 Å². The Morgan fingerprint density at radius 2 is 1.93 bits per heavy atom. The van der Waals surface area contributed by atoms with Crippen LogP contribution in [0.25, 0.3) is 0 Å². The van der Waals surface area contributed by atoms with Gasteiger partial charge in [0, 0.05) is 38.4 Å². The summed E-state index contributed by atoms with van der Waals surface area (Å²) in [5, 5.41) is 9.05. The maximum Gasteiger partial charge on any atom is 0.416 e. The van der Waals surface area contributed by atoms with Gasteiger partial charge in [-0.25, -0.2) is 9.59 Å². The van der Waals surface area contributed by atoms with E-state index in [9.17, 15) is 22.8 Å². The molecule has 1 aliphatic rings. The fourth-order valence-electron chi connectivity index (χ4n) is 3.24. The lowest BCUT2D eigenvalue weighted by Gasteiger charge is -2.28. The third kappa shape index (κ3) is 5.75. The van der Waals surface area contributed by atoms with Gasteiger partial charge in [-0.05, 0) is 44.9 Å². The molecule has 1 unspecified atom stereocenters. The number of aromatic carboxylic acids is 1. The second-order valence-corrected chi connectivity index (χ2v) is 8.17. The van der Waals surface area contributed by atoms with Gasteiger partial charge in [0.25, 0.3) is 0 Å². The molecule has 1 aliphatic heterocycles. The van der Waals surface area contributed by atoms with E-state index >= 15 is 0 Å². The van der Waals surface area contributed by atoms with Crippen LogP contribution in [0.4, 0.5) is 23.7 Å². The van der Waals surface area contributed by atoms with Gasteiger partial charge in [-0.15, -0.1) is 0 Å². The van der Waals surface area contributed by atoms with Gasteiger partial charge in [-0.1, -0.05) is 0 Å². The Labute approximate surface area is 167 Å². The Morgan fingerprint density at radius 3 is 2.45 bits per heavy atom. The van der Waals surface area contributed by atoms with Crippen molar-refractivity contribution in [2.24, 2.45) is 0 Å². The molecule has 0 saturated carbocycles. The van der Waals surface area contributed by atoms with Crippen molar-refractivity contribution < 1.29 is 32.6 Å². The summed E-state index contributed by atoms with van der Waals surface area (Å²) in [5.41, 5.74) is 3.09. The molecule has 1 heterocycles. The van der Waals surface area contributed by atoms with Gasteiger partial charge < -0.3 is 20.5 Å². The molecule has 162 valence electrons. The van der Waals surface area contributed by atoms with Gasteiger partial charge in [-0.2, -0.15) is 13.2 Å². The molecule has 7 nitrogen and oxygen atoms in total. The number of carbonyl (C=O) groups excluding carboxylic acids is 1. The molecule has 0 bridgehead atoms. The molecule has 1 aromatic carbocycles. The van der Waals surface area contributed by atoms with Gasteiger partial charge in [0.2, 0.25) is 0 Å². The highest BCUT2D eigenvalue weighted by atomic mass is 19.4. The highest BCUT2D eigenvalue weighted by Crippen LogP contribution is 2.35. The summed E-state index contributed by atoms with van der Waals surface area (Å²) < 4.78 is 45.7. The lowest BCUT2D eigenvalue weighted by atomic mass is 10.0. The summed E-state index contributed by atoms with van der Waals surface area (Å²) in [6, 6.07) is 1.44. The van der Waals surface area contributed by atoms with Crippen molar-refractivity contribution in [3.63, 3.8) is 0 Å². The Hall–Kier alpha value is -2.49. The number of nitrogens with two attached hydrogens (primary N) is 1. The van der Waals surface area contributed by atoms with Gasteiger partial charge in [0.1, 0.15) is 5.60 Å². The molecule has 0 aliphatic carbocycles. The first-order chi connectivity index (χ1) is 13.2. The molecule has 29 heavy (non-hydrogen) atoms. The van der Waals surface area contributed by atoms with E-state index in [1.54, 1.807) is 32.7 Å². The van der Waals surface area contributed by atoms with E-state index in [2.05, 4.69) is 0 Å². The monoisotopic (exact) mass is 417 g/mol. The number of hydrogen-bond acceptors (Lipinski definition) is 5. The Bertz CT molecular complexity index is 790. The topological polar surface area (TPSA) is 96.1 Å². The molecule has 1 atom stereocenters. The molecule has 0 aromatic heterocycles. The predicted octanol–water partition coefficient (Wildman–Crippen LogP) is 3.43. The zero-order chi connectivity index (χ0) is 22.1. The number of anilines is 1. The second-order valence-electron chi connectivity index (χ2n) is 8.17. The molecule has 0 radical (unpaired) electrons. The number of nitrogens with zero attached hydrogens (tertiary/aromatic N) is 2. The largest absolute Gasteiger partial charge is 0.478 e. The van der Waals surface area contributed by atoms with Crippen LogP contribution in [0.15, 0.2) is 12.1 Å². The average Bonchev–Trinajstić information content (AvgIpc) is 2.99. The van der Waals surface area contributed by atoms with Crippen molar-refractivity contribution in [2.45, 2.75) is 51.6 Å². The number of likely N-dealkylation sites (N-methyl/N-ethyl adjacent to an activating group) is 1. The van der Waals surface area contributed by atoms with E-state index in [1.165, 1.54) is 4.90 Å². The molecule has 1 amide bonds. The summed E-state index contributed by atoms with van der Waals surface area (Å²) in [4.78, 5) is 26.6. The summed E-state index contributed by atoms with van der Waals surface area (Å²) >= 11 is 0. The molecule has 2 rings (SSSR count). The van der Waals surface area contributed by atoms with Gasteiger partial charge >= 0.3 is 18.2 Å². The Morgan fingerprint density at radius 1 is 1.31 bits per heavy atom. The number of hydrogen-bond donors (Lipinski definition) is 2. The highest BCUT2D eigenvalue weighted by Gasteiger charge is 2.37. The lowest BCUT2D eigenvalue weighted by molar-refractivity contribution is -0.138. The number of nitrogen functional groups attached to an aromatic ring is 1. The molecule has 1 saturated heterocycles. The van der Waals surface area contributed by atoms with Crippen LogP contribution in [-0.4, -0.2) is 58.7 Å². The van der Waals surface area contributed by atoms with E-state index in [0.717, 1.165) is 6.07 Å². The van der Waals surface area contributed by atoms with E-state index in [0.29, 0.717) is 25.6 Å². The first kappa shape index (κ1) is 22.8. The third-order valence-corrected chi connectivity index (χ3v) is 4.68. The first-order valence-corrected chi connectivity index (χ1v) is 9.10. The molecular formula is C19H26F3N3O4. The Balaban J connectivity index is 2.16. The second kappa shape index (κ2) is 8.10. The van der Waals surface area contributed by atoms with Crippen LogP contribution in [0.2, 0.25) is 0 Å². The van der Waals surface area contributed by atoms with Crippen molar-refractivity contribution in [1.82, 2.24) is 9.80 Å². The van der Waals surface area contributed by atoms with E-state index in [1.807, 2.05) is 0 Å². The third-order valence-electron chi connectivity index (χ3n) is 4.68. The van der Waals surface area contributed by atoms with Crippen LogP contribution < -0.4 is 5.73 Å². The fraction of sp³-hybridized carbons (Fsp3) is 0.579. The molecule has 10 heteroatoms. The van der Waals surface area contributed by atoms with Crippen LogP contribution in [-0.2, 0) is 17.5 Å². The minimum absolute atomic E-state index is 0.0579. The van der Waals surface area contributed by atoms with E-state index in [-0.39, 0.29) is 23.8 Å². The van der Waals surface area contributed by atoms with Crippen LogP contribution >= 0.6 is 0 Å². The number of carbonyl (C=O) groups is 2. The summed E-state index contributed by atoms with van der Waals surface area (Å²) in [5.74, 6) is -1.51. The number of benzene rings is 1. The summed E-state index contributed by atoms with van der Waals surface area (Å²) in [7, 11) is 1.60. The normalized spacial score (nSPS) is 18.0. The zero-order valence-electron chi connectivity index (χ0n) is 16.8. The number of halogens is 3. The molecule has 3 N–H and O–H groups in total. The predicted molar refractivity (Wildman–Crippen MR) is 100 cm³/mol. The van der Waals surface area contributed by atoms with Crippen molar-refractivity contribution in [3.8, 4) is 0 Å². The molecule has 1 aromatic rings. The van der Waals surface area contributed by atoms with Gasteiger partial charge in [0.05, 0.1) is 11.1 Å². The van der Waals surface area contributed by atoms with Crippen molar-refractivity contribution in [2.75, 3.05) is 25.9 Å². The quantitative estimate of drug-likeness (QED) is 0.729. The van der Waals surface area contributed by atoms with Crippen LogP contribution in [0.5, 0.6) is 0 Å². The Kier molecular flexibility index (Phi) is 6.36. The van der Waals surface area contributed by atoms with Crippen molar-refractivity contribution in [3.05, 3.63) is 28.8 Å². The lowest BCUT2D eigenvalue weighted by Crippen LogP contribution is -2.42. The standard InChI is InChI=1S/C19H26F3N3O4/c1-18(2,3)29-17(28)24(4)12-5-6-25(10-12)9-11-7-15(23)13(16(26)27)8-14(11)19(20,21)22/h7-8,12H,5-6,9-10,23H2,1-4H3,(H,26,27). The summed E-state index contributed by atoms with van der Waals surface area (Å²) in [6.45, 7) is 6.05. The van der Waals surface area contributed by atoms with E-state index in [4.69, 9.17) is 15.6 Å². The van der Waals surface area contributed by atoms with Crippen molar-refractivity contribution in [1.29, 1.82) is 0 Å². The number of amides is 1. The number of carboxylic acids is 1. The minimum atomic E-state index is -4.71. The minimum Gasteiger partial charge on any atom is -0.478 e. The van der Waals surface area contributed by atoms with Crippen LogP contribution in [0, 0.1) is 0 Å². The van der Waals surface area contributed by atoms with Gasteiger partial charge in [-0.3, -0.25) is 4.90 Å². The maximum absolute atomic E-state index is 13.4.